The first-order chi connectivity index (χ1) is 6.15. The highest BCUT2D eigenvalue weighted by molar-refractivity contribution is 7.80. The summed E-state index contributed by atoms with van der Waals surface area (Å²) < 4.78 is 0. The Hall–Kier alpha value is -0.310. The highest BCUT2D eigenvalue weighted by atomic mass is 32.1. The minimum atomic E-state index is 0.617. The molecule has 2 unspecified atom stereocenters. The molecule has 1 fully saturated rings. The number of hydrogen-bond donors (Lipinski definition) is 1. The zero-order valence-corrected chi connectivity index (χ0v) is 9.66. The maximum Gasteiger partial charge on any atom is 0.169 e. The van der Waals surface area contributed by atoms with Crippen LogP contribution in [0.1, 0.15) is 33.6 Å². The molecular formula is C10H20N2S. The number of likely N-dealkylation sites (tertiary alicyclic amines) is 1. The molecule has 2 nitrogen and oxygen atoms in total. The highest BCUT2D eigenvalue weighted by Crippen LogP contribution is 2.21. The van der Waals surface area contributed by atoms with Crippen LogP contribution < -0.4 is 5.32 Å². The average Bonchev–Trinajstić information content (AvgIpc) is 2.41. The molecule has 1 N–H and O–H groups in total. The Labute approximate surface area is 86.7 Å². The van der Waals surface area contributed by atoms with E-state index in [-0.39, 0.29) is 0 Å². The maximum atomic E-state index is 5.32. The predicted molar refractivity (Wildman–Crippen MR) is 60.8 cm³/mol. The first kappa shape index (κ1) is 10.8. The summed E-state index contributed by atoms with van der Waals surface area (Å²) in [6.45, 7) is 8.82. The quantitative estimate of drug-likeness (QED) is 0.686. The van der Waals surface area contributed by atoms with Crippen LogP contribution in [-0.2, 0) is 0 Å². The Morgan fingerprint density at radius 1 is 1.54 bits per heavy atom. The van der Waals surface area contributed by atoms with Gasteiger partial charge in [-0.2, -0.15) is 0 Å². The van der Waals surface area contributed by atoms with Crippen LogP contribution in [0.25, 0.3) is 0 Å². The molecule has 2 atom stereocenters. The zero-order chi connectivity index (χ0) is 9.84. The van der Waals surface area contributed by atoms with Crippen molar-refractivity contribution in [2.45, 2.75) is 39.7 Å². The second-order valence-corrected chi connectivity index (χ2v) is 4.46. The molecule has 0 spiro atoms. The third-order valence-electron chi connectivity index (χ3n) is 2.57. The van der Waals surface area contributed by atoms with Gasteiger partial charge in [-0.15, -0.1) is 0 Å². The molecule has 0 aromatic heterocycles. The Bertz CT molecular complexity index is 182. The van der Waals surface area contributed by atoms with Crippen molar-refractivity contribution in [1.82, 2.24) is 10.2 Å². The molecule has 0 aromatic carbocycles. The largest absolute Gasteiger partial charge is 0.363 e. The van der Waals surface area contributed by atoms with Gasteiger partial charge in [0.05, 0.1) is 0 Å². The van der Waals surface area contributed by atoms with Crippen molar-refractivity contribution in [2.24, 2.45) is 5.92 Å². The number of thiocarbonyl (C=S) groups is 1. The lowest BCUT2D eigenvalue weighted by atomic mass is 10.1. The van der Waals surface area contributed by atoms with Crippen LogP contribution in [0.3, 0.4) is 0 Å². The summed E-state index contributed by atoms with van der Waals surface area (Å²) >= 11 is 5.32. The molecule has 13 heavy (non-hydrogen) atoms. The van der Waals surface area contributed by atoms with Crippen LogP contribution in [0.15, 0.2) is 0 Å². The summed E-state index contributed by atoms with van der Waals surface area (Å²) in [4.78, 5) is 2.32. The normalized spacial score (nSPS) is 27.8. The molecule has 1 rings (SSSR count). The molecular weight excluding hydrogens is 180 g/mol. The van der Waals surface area contributed by atoms with Gasteiger partial charge in [0.2, 0.25) is 0 Å². The number of nitrogens with one attached hydrogen (secondary N) is 1. The zero-order valence-electron chi connectivity index (χ0n) is 8.84. The van der Waals surface area contributed by atoms with Crippen LogP contribution in [0.5, 0.6) is 0 Å². The molecule has 0 amide bonds. The molecule has 76 valence electrons. The second kappa shape index (κ2) is 4.80. The third-order valence-corrected chi connectivity index (χ3v) is 2.95. The van der Waals surface area contributed by atoms with Crippen LogP contribution in [0, 0.1) is 5.92 Å². The van der Waals surface area contributed by atoms with Crippen molar-refractivity contribution in [3.63, 3.8) is 0 Å². The van der Waals surface area contributed by atoms with E-state index in [0.29, 0.717) is 6.04 Å². The van der Waals surface area contributed by atoms with Crippen molar-refractivity contribution >= 4 is 17.3 Å². The lowest BCUT2D eigenvalue weighted by Crippen LogP contribution is -2.41. The van der Waals surface area contributed by atoms with Crippen molar-refractivity contribution in [3.05, 3.63) is 0 Å². The Kier molecular flexibility index (Phi) is 3.97. The van der Waals surface area contributed by atoms with E-state index in [1.54, 1.807) is 0 Å². The molecule has 0 aromatic rings. The molecule has 1 aliphatic rings. The van der Waals surface area contributed by atoms with E-state index in [1.807, 2.05) is 0 Å². The van der Waals surface area contributed by atoms with Gasteiger partial charge in [-0.25, -0.2) is 0 Å². The lowest BCUT2D eigenvalue weighted by Gasteiger charge is -2.24. The fourth-order valence-electron chi connectivity index (χ4n) is 1.92. The van der Waals surface area contributed by atoms with E-state index in [2.05, 4.69) is 31.0 Å². The third kappa shape index (κ3) is 2.83. The van der Waals surface area contributed by atoms with Crippen LogP contribution >= 0.6 is 12.2 Å². The fraction of sp³-hybridized carbons (Fsp3) is 0.900. The molecule has 3 heteroatoms. The van der Waals surface area contributed by atoms with Gasteiger partial charge in [0.1, 0.15) is 0 Å². The van der Waals surface area contributed by atoms with Crippen molar-refractivity contribution in [2.75, 3.05) is 13.1 Å². The monoisotopic (exact) mass is 200 g/mol. The van der Waals surface area contributed by atoms with Crippen LogP contribution in [0.4, 0.5) is 0 Å². The van der Waals surface area contributed by atoms with Gasteiger partial charge in [-0.1, -0.05) is 13.8 Å². The molecule has 0 bridgehead atoms. The smallest absolute Gasteiger partial charge is 0.169 e. The fourth-order valence-corrected chi connectivity index (χ4v) is 2.27. The molecule has 1 saturated heterocycles. The summed E-state index contributed by atoms with van der Waals surface area (Å²) in [7, 11) is 0. The van der Waals surface area contributed by atoms with E-state index in [0.717, 1.165) is 30.5 Å². The van der Waals surface area contributed by atoms with Gasteiger partial charge in [-0.05, 0) is 37.9 Å². The highest BCUT2D eigenvalue weighted by Gasteiger charge is 2.27. The van der Waals surface area contributed by atoms with Gasteiger partial charge in [0.25, 0.3) is 0 Å². The molecule has 1 heterocycles. The summed E-state index contributed by atoms with van der Waals surface area (Å²) in [6.07, 6.45) is 2.41. The molecule has 1 aliphatic heterocycles. The summed E-state index contributed by atoms with van der Waals surface area (Å²) in [6, 6.07) is 0.617. The van der Waals surface area contributed by atoms with Crippen molar-refractivity contribution in [3.8, 4) is 0 Å². The van der Waals surface area contributed by atoms with E-state index >= 15 is 0 Å². The number of nitrogens with zero attached hydrogens (tertiary/aromatic N) is 1. The van der Waals surface area contributed by atoms with E-state index in [1.165, 1.54) is 6.42 Å². The number of rotatable bonds is 2. The van der Waals surface area contributed by atoms with Crippen LogP contribution in [-0.4, -0.2) is 29.1 Å². The van der Waals surface area contributed by atoms with E-state index in [4.69, 9.17) is 12.2 Å². The summed E-state index contributed by atoms with van der Waals surface area (Å²) in [5.74, 6) is 0.788. The van der Waals surface area contributed by atoms with Gasteiger partial charge in [-0.3, -0.25) is 0 Å². The Morgan fingerprint density at radius 3 is 2.69 bits per heavy atom. The van der Waals surface area contributed by atoms with Gasteiger partial charge < -0.3 is 10.2 Å². The van der Waals surface area contributed by atoms with E-state index < -0.39 is 0 Å². The van der Waals surface area contributed by atoms with Crippen LogP contribution in [0.2, 0.25) is 0 Å². The molecule has 0 saturated carbocycles. The van der Waals surface area contributed by atoms with Crippen molar-refractivity contribution < 1.29 is 0 Å². The minimum absolute atomic E-state index is 0.617. The Balaban J connectivity index is 2.38. The first-order valence-corrected chi connectivity index (χ1v) is 5.60. The SMILES string of the molecule is CCCNC(=S)N1CC(C)CC1C. The minimum Gasteiger partial charge on any atom is -0.363 e. The topological polar surface area (TPSA) is 15.3 Å². The number of hydrogen-bond acceptors (Lipinski definition) is 1. The molecule has 0 aliphatic carbocycles. The van der Waals surface area contributed by atoms with E-state index in [9.17, 15) is 0 Å². The van der Waals surface area contributed by atoms with Gasteiger partial charge >= 0.3 is 0 Å². The second-order valence-electron chi connectivity index (χ2n) is 4.07. The lowest BCUT2D eigenvalue weighted by molar-refractivity contribution is 0.404. The van der Waals surface area contributed by atoms with Gasteiger partial charge in [0, 0.05) is 19.1 Å². The Morgan fingerprint density at radius 2 is 2.23 bits per heavy atom. The van der Waals surface area contributed by atoms with Gasteiger partial charge in [0.15, 0.2) is 5.11 Å². The predicted octanol–water partition coefficient (Wildman–Crippen LogP) is 2.00. The summed E-state index contributed by atoms with van der Waals surface area (Å²) in [5.41, 5.74) is 0. The standard InChI is InChI=1S/C10H20N2S/c1-4-5-11-10(13)12-7-8(2)6-9(12)3/h8-9H,4-7H2,1-3H3,(H,11,13). The summed E-state index contributed by atoms with van der Waals surface area (Å²) in [5, 5.41) is 4.23. The first-order valence-electron chi connectivity index (χ1n) is 5.19. The maximum absolute atomic E-state index is 5.32. The van der Waals surface area contributed by atoms with Crippen molar-refractivity contribution in [1.29, 1.82) is 0 Å². The average molecular weight is 200 g/mol. The molecule has 0 radical (unpaired) electrons.